The van der Waals surface area contributed by atoms with Crippen LogP contribution in [0.2, 0.25) is 0 Å². The molecule has 4 nitrogen and oxygen atoms in total. The van der Waals surface area contributed by atoms with Gasteiger partial charge in [-0.25, -0.2) is 0 Å². The van der Waals surface area contributed by atoms with Crippen LogP contribution in [0.1, 0.15) is 31.4 Å². The minimum Gasteiger partial charge on any atom is -0.493 e. The lowest BCUT2D eigenvalue weighted by molar-refractivity contribution is 0.198. The SMILES string of the molecule is COc1cc(C(C)O)ccc1OCCCCO. The van der Waals surface area contributed by atoms with Crippen molar-refractivity contribution in [3.63, 3.8) is 0 Å². The van der Waals surface area contributed by atoms with Crippen LogP contribution in [-0.4, -0.2) is 30.5 Å². The van der Waals surface area contributed by atoms with Crippen LogP contribution in [0.5, 0.6) is 11.5 Å². The Kier molecular flexibility index (Phi) is 5.80. The molecular weight excluding hydrogens is 220 g/mol. The molecular formula is C13H20O4. The zero-order valence-corrected chi connectivity index (χ0v) is 10.3. The van der Waals surface area contributed by atoms with E-state index >= 15 is 0 Å². The molecule has 0 aromatic heterocycles. The molecule has 0 aliphatic rings. The summed E-state index contributed by atoms with van der Waals surface area (Å²) < 4.78 is 10.8. The van der Waals surface area contributed by atoms with Crippen molar-refractivity contribution in [1.82, 2.24) is 0 Å². The summed E-state index contributed by atoms with van der Waals surface area (Å²) in [7, 11) is 1.57. The lowest BCUT2D eigenvalue weighted by atomic mass is 10.1. The zero-order valence-electron chi connectivity index (χ0n) is 10.3. The Labute approximate surface area is 102 Å². The summed E-state index contributed by atoms with van der Waals surface area (Å²) in [5.74, 6) is 1.28. The van der Waals surface area contributed by atoms with E-state index in [1.165, 1.54) is 0 Å². The van der Waals surface area contributed by atoms with Gasteiger partial charge in [-0.3, -0.25) is 0 Å². The molecule has 1 unspecified atom stereocenters. The average molecular weight is 240 g/mol. The van der Waals surface area contributed by atoms with E-state index in [1.54, 1.807) is 26.2 Å². The topological polar surface area (TPSA) is 58.9 Å². The van der Waals surface area contributed by atoms with Crippen molar-refractivity contribution in [2.24, 2.45) is 0 Å². The van der Waals surface area contributed by atoms with E-state index in [2.05, 4.69) is 0 Å². The van der Waals surface area contributed by atoms with Crippen LogP contribution in [0.25, 0.3) is 0 Å². The van der Waals surface area contributed by atoms with Crippen LogP contribution in [0.4, 0.5) is 0 Å². The number of rotatable bonds is 7. The number of aliphatic hydroxyl groups excluding tert-OH is 2. The third-order valence-corrected chi connectivity index (χ3v) is 2.48. The fourth-order valence-electron chi connectivity index (χ4n) is 1.46. The van der Waals surface area contributed by atoms with E-state index in [1.807, 2.05) is 6.07 Å². The Morgan fingerprint density at radius 1 is 1.24 bits per heavy atom. The van der Waals surface area contributed by atoms with Crippen molar-refractivity contribution < 1.29 is 19.7 Å². The predicted molar refractivity (Wildman–Crippen MR) is 65.4 cm³/mol. The first-order chi connectivity index (χ1) is 8.19. The number of benzene rings is 1. The summed E-state index contributed by atoms with van der Waals surface area (Å²) in [6.07, 6.45) is 1.01. The van der Waals surface area contributed by atoms with E-state index in [9.17, 15) is 5.11 Å². The van der Waals surface area contributed by atoms with E-state index in [0.29, 0.717) is 18.1 Å². The molecule has 0 bridgehead atoms. The van der Waals surface area contributed by atoms with Gasteiger partial charge in [0.25, 0.3) is 0 Å². The average Bonchev–Trinajstić information content (AvgIpc) is 2.34. The molecule has 0 amide bonds. The largest absolute Gasteiger partial charge is 0.493 e. The van der Waals surface area contributed by atoms with Crippen LogP contribution in [0.3, 0.4) is 0 Å². The fraction of sp³-hybridized carbons (Fsp3) is 0.538. The maximum atomic E-state index is 9.46. The molecule has 0 heterocycles. The number of aliphatic hydroxyl groups is 2. The molecule has 96 valence electrons. The lowest BCUT2D eigenvalue weighted by Gasteiger charge is -2.13. The van der Waals surface area contributed by atoms with Gasteiger partial charge >= 0.3 is 0 Å². The van der Waals surface area contributed by atoms with Gasteiger partial charge in [0.1, 0.15) is 0 Å². The number of hydrogen-bond acceptors (Lipinski definition) is 4. The molecule has 1 aromatic rings. The van der Waals surface area contributed by atoms with E-state index < -0.39 is 6.10 Å². The predicted octanol–water partition coefficient (Wildman–Crippen LogP) is 1.90. The molecule has 2 N–H and O–H groups in total. The van der Waals surface area contributed by atoms with E-state index in [4.69, 9.17) is 14.6 Å². The van der Waals surface area contributed by atoms with Crippen LogP contribution in [0.15, 0.2) is 18.2 Å². The van der Waals surface area contributed by atoms with Crippen molar-refractivity contribution >= 4 is 0 Å². The normalized spacial score (nSPS) is 12.2. The minimum atomic E-state index is -0.521. The molecule has 0 saturated carbocycles. The zero-order chi connectivity index (χ0) is 12.7. The highest BCUT2D eigenvalue weighted by atomic mass is 16.5. The van der Waals surface area contributed by atoms with Crippen molar-refractivity contribution in [2.45, 2.75) is 25.9 Å². The molecule has 0 radical (unpaired) electrons. The Hall–Kier alpha value is -1.26. The van der Waals surface area contributed by atoms with Crippen molar-refractivity contribution in [3.05, 3.63) is 23.8 Å². The smallest absolute Gasteiger partial charge is 0.161 e. The van der Waals surface area contributed by atoms with Crippen molar-refractivity contribution in [2.75, 3.05) is 20.3 Å². The molecule has 1 aromatic carbocycles. The summed E-state index contributed by atoms with van der Waals surface area (Å²) in [5, 5.41) is 18.1. The van der Waals surface area contributed by atoms with Crippen LogP contribution in [-0.2, 0) is 0 Å². The summed E-state index contributed by atoms with van der Waals surface area (Å²) >= 11 is 0. The lowest BCUT2D eigenvalue weighted by Crippen LogP contribution is -2.01. The van der Waals surface area contributed by atoms with Crippen LogP contribution >= 0.6 is 0 Å². The molecule has 0 spiro atoms. The molecule has 1 atom stereocenters. The van der Waals surface area contributed by atoms with Gasteiger partial charge in [-0.05, 0) is 37.5 Å². The highest BCUT2D eigenvalue weighted by molar-refractivity contribution is 5.43. The van der Waals surface area contributed by atoms with Gasteiger partial charge in [0, 0.05) is 6.61 Å². The monoisotopic (exact) mass is 240 g/mol. The molecule has 0 aliphatic heterocycles. The second-order valence-electron chi connectivity index (χ2n) is 3.87. The Morgan fingerprint density at radius 3 is 2.59 bits per heavy atom. The fourth-order valence-corrected chi connectivity index (χ4v) is 1.46. The molecule has 0 aliphatic carbocycles. The van der Waals surface area contributed by atoms with Gasteiger partial charge in [-0.15, -0.1) is 0 Å². The van der Waals surface area contributed by atoms with Gasteiger partial charge in [0.15, 0.2) is 11.5 Å². The molecule has 4 heteroatoms. The van der Waals surface area contributed by atoms with E-state index in [-0.39, 0.29) is 6.61 Å². The third-order valence-electron chi connectivity index (χ3n) is 2.48. The summed E-state index contributed by atoms with van der Waals surface area (Å²) in [6, 6.07) is 5.38. The van der Waals surface area contributed by atoms with Gasteiger partial charge in [0.05, 0.1) is 19.8 Å². The summed E-state index contributed by atoms with van der Waals surface area (Å²) in [4.78, 5) is 0. The van der Waals surface area contributed by atoms with Crippen LogP contribution < -0.4 is 9.47 Å². The Morgan fingerprint density at radius 2 is 2.00 bits per heavy atom. The number of hydrogen-bond donors (Lipinski definition) is 2. The second-order valence-corrected chi connectivity index (χ2v) is 3.87. The Balaban J connectivity index is 2.65. The minimum absolute atomic E-state index is 0.182. The Bertz CT molecular complexity index is 336. The van der Waals surface area contributed by atoms with Gasteiger partial charge in [0.2, 0.25) is 0 Å². The quantitative estimate of drug-likeness (QED) is 0.715. The molecule has 0 fully saturated rings. The maximum absolute atomic E-state index is 9.46. The standard InChI is InChI=1S/C13H20O4/c1-10(15)11-5-6-12(13(9-11)16-2)17-8-4-3-7-14/h5-6,9-10,14-15H,3-4,7-8H2,1-2H3. The first kappa shape index (κ1) is 13.8. The third kappa shape index (κ3) is 4.24. The molecule has 0 saturated heterocycles. The molecule has 1 rings (SSSR count). The highest BCUT2D eigenvalue weighted by Gasteiger charge is 2.08. The highest BCUT2D eigenvalue weighted by Crippen LogP contribution is 2.30. The first-order valence-electron chi connectivity index (χ1n) is 5.78. The van der Waals surface area contributed by atoms with Crippen molar-refractivity contribution in [1.29, 1.82) is 0 Å². The maximum Gasteiger partial charge on any atom is 0.161 e. The van der Waals surface area contributed by atoms with Gasteiger partial charge < -0.3 is 19.7 Å². The van der Waals surface area contributed by atoms with Gasteiger partial charge in [-0.1, -0.05) is 6.07 Å². The molecule has 17 heavy (non-hydrogen) atoms. The number of methoxy groups -OCH3 is 1. The summed E-state index contributed by atoms with van der Waals surface area (Å²) in [6.45, 7) is 2.43. The van der Waals surface area contributed by atoms with Crippen LogP contribution in [0, 0.1) is 0 Å². The van der Waals surface area contributed by atoms with E-state index in [0.717, 1.165) is 18.4 Å². The number of unbranched alkanes of at least 4 members (excludes halogenated alkanes) is 1. The van der Waals surface area contributed by atoms with Gasteiger partial charge in [-0.2, -0.15) is 0 Å². The number of ether oxygens (including phenoxy) is 2. The second kappa shape index (κ2) is 7.14. The first-order valence-corrected chi connectivity index (χ1v) is 5.78. The van der Waals surface area contributed by atoms with Crippen molar-refractivity contribution in [3.8, 4) is 11.5 Å². The summed E-state index contributed by atoms with van der Waals surface area (Å²) in [5.41, 5.74) is 0.796.